The van der Waals surface area contributed by atoms with Crippen LogP contribution in [-0.4, -0.2) is 80.0 Å². The molecule has 2 saturated heterocycles. The van der Waals surface area contributed by atoms with Gasteiger partial charge in [-0.3, -0.25) is 14.5 Å². The Morgan fingerprint density at radius 3 is 2.50 bits per heavy atom. The second kappa shape index (κ2) is 12.7. The Kier molecular flexibility index (Phi) is 9.07. The van der Waals surface area contributed by atoms with E-state index in [2.05, 4.69) is 15.2 Å². The molecule has 2 N–H and O–H groups in total. The number of hydrogen-bond donors (Lipinski definition) is 2. The minimum atomic E-state index is -0.577. The number of morpholine rings is 1. The van der Waals surface area contributed by atoms with E-state index in [9.17, 15) is 9.59 Å². The molecule has 2 aliphatic heterocycles. The summed E-state index contributed by atoms with van der Waals surface area (Å²) in [6, 6.07) is 5.66. The van der Waals surface area contributed by atoms with E-state index < -0.39 is 11.7 Å². The van der Waals surface area contributed by atoms with Gasteiger partial charge in [0.2, 0.25) is 0 Å². The van der Waals surface area contributed by atoms with Gasteiger partial charge in [0.25, 0.3) is 11.5 Å². The first kappa shape index (κ1) is 28.6. The minimum absolute atomic E-state index is 0.00144. The van der Waals surface area contributed by atoms with Crippen LogP contribution in [0.4, 0.5) is 10.1 Å². The summed E-state index contributed by atoms with van der Waals surface area (Å²) < 4.78 is 33.4. The van der Waals surface area contributed by atoms with Gasteiger partial charge in [-0.15, -0.1) is 0 Å². The molecule has 1 aromatic heterocycles. The zero-order valence-corrected chi connectivity index (χ0v) is 23.8. The lowest BCUT2D eigenvalue weighted by molar-refractivity contribution is -0.0373. The summed E-state index contributed by atoms with van der Waals surface area (Å²) in [5.41, 5.74) is 2.00. The highest BCUT2D eigenvalue weighted by molar-refractivity contribution is 5.96. The van der Waals surface area contributed by atoms with Gasteiger partial charge in [0, 0.05) is 81.6 Å². The predicted octanol–water partition coefficient (Wildman–Crippen LogP) is 3.31. The Labute approximate surface area is 235 Å². The van der Waals surface area contributed by atoms with Gasteiger partial charge < -0.3 is 29.4 Å². The fourth-order valence-electron chi connectivity index (χ4n) is 6.08. The second-order valence-corrected chi connectivity index (χ2v) is 11.1. The maximum atomic E-state index is 16.1. The number of rotatable bonds is 9. The first-order chi connectivity index (χ1) is 19.3. The number of carbonyl (C=O) groups is 1. The summed E-state index contributed by atoms with van der Waals surface area (Å²) in [5, 5.41) is 2.77. The van der Waals surface area contributed by atoms with Gasteiger partial charge in [0.1, 0.15) is 11.9 Å². The predicted molar refractivity (Wildman–Crippen MR) is 151 cm³/mol. The van der Waals surface area contributed by atoms with Gasteiger partial charge in [-0.05, 0) is 51.3 Å². The Morgan fingerprint density at radius 2 is 1.82 bits per heavy atom. The van der Waals surface area contributed by atoms with E-state index in [4.69, 9.17) is 14.2 Å². The molecular formula is C30H41FN4O5. The van der Waals surface area contributed by atoms with E-state index in [0.29, 0.717) is 42.8 Å². The first-order valence-corrected chi connectivity index (χ1v) is 14.5. The number of amides is 1. The second-order valence-electron chi connectivity index (χ2n) is 11.1. The highest BCUT2D eigenvalue weighted by atomic mass is 19.1. The summed E-state index contributed by atoms with van der Waals surface area (Å²) in [6.07, 6.45) is 3.37. The molecule has 0 radical (unpaired) electrons. The smallest absolute Gasteiger partial charge is 0.254 e. The lowest BCUT2D eigenvalue weighted by atomic mass is 9.87. The fraction of sp³-hybridized carbons (Fsp3) is 0.600. The molecule has 5 rings (SSSR count). The maximum absolute atomic E-state index is 16.1. The summed E-state index contributed by atoms with van der Waals surface area (Å²) in [7, 11) is 0. The zero-order valence-electron chi connectivity index (χ0n) is 23.8. The number of pyridine rings is 1. The van der Waals surface area contributed by atoms with Crippen molar-refractivity contribution in [3.63, 3.8) is 0 Å². The van der Waals surface area contributed by atoms with Crippen LogP contribution in [-0.2, 0) is 16.0 Å². The third-order valence-electron chi connectivity index (χ3n) is 8.41. The number of aromatic nitrogens is 1. The molecule has 3 aliphatic rings. The van der Waals surface area contributed by atoms with Gasteiger partial charge in [-0.1, -0.05) is 0 Å². The SMILES string of the molecule is CCN(c1cc(O[C@H]2C[C@H](N3CCOCC3)C2)cc(C(=O)NCc2c(C)cc(C)[nH]c2=O)c1F)C1CCOCC1. The third-order valence-corrected chi connectivity index (χ3v) is 8.41. The van der Waals surface area contributed by atoms with Gasteiger partial charge in [0.05, 0.1) is 24.5 Å². The molecule has 0 unspecified atom stereocenters. The number of aromatic amines is 1. The average molecular weight is 557 g/mol. The van der Waals surface area contributed by atoms with Crippen LogP contribution in [0.5, 0.6) is 5.75 Å². The van der Waals surface area contributed by atoms with Crippen molar-refractivity contribution in [2.24, 2.45) is 0 Å². The Bertz CT molecular complexity index is 1250. The van der Waals surface area contributed by atoms with Crippen molar-refractivity contribution in [2.45, 2.75) is 71.2 Å². The molecule has 0 spiro atoms. The summed E-state index contributed by atoms with van der Waals surface area (Å²) in [5.74, 6) is -0.666. The van der Waals surface area contributed by atoms with Gasteiger partial charge >= 0.3 is 0 Å². The van der Waals surface area contributed by atoms with Crippen molar-refractivity contribution >= 4 is 11.6 Å². The lowest BCUT2D eigenvalue weighted by Crippen LogP contribution is -2.52. The number of anilines is 1. The van der Waals surface area contributed by atoms with Crippen LogP contribution in [0.1, 0.15) is 59.8 Å². The van der Waals surface area contributed by atoms with Crippen LogP contribution in [0.15, 0.2) is 23.0 Å². The minimum Gasteiger partial charge on any atom is -0.490 e. The van der Waals surface area contributed by atoms with Crippen molar-refractivity contribution in [2.75, 3.05) is 51.0 Å². The van der Waals surface area contributed by atoms with Crippen molar-refractivity contribution < 1.29 is 23.4 Å². The van der Waals surface area contributed by atoms with E-state index in [-0.39, 0.29) is 29.8 Å². The molecule has 1 aliphatic carbocycles. The normalized spacial score (nSPS) is 22.0. The molecule has 9 nitrogen and oxygen atoms in total. The molecule has 3 heterocycles. The average Bonchev–Trinajstić information content (AvgIpc) is 2.92. The van der Waals surface area contributed by atoms with E-state index >= 15 is 4.39 Å². The van der Waals surface area contributed by atoms with Crippen LogP contribution >= 0.6 is 0 Å². The number of aryl methyl sites for hydroxylation is 2. The van der Waals surface area contributed by atoms with Crippen LogP contribution in [0.25, 0.3) is 0 Å². The number of nitrogens with zero attached hydrogens (tertiary/aromatic N) is 2. The van der Waals surface area contributed by atoms with E-state index in [1.807, 2.05) is 31.7 Å². The quantitative estimate of drug-likeness (QED) is 0.489. The number of carbonyl (C=O) groups excluding carboxylic acids is 1. The molecule has 2 aromatic rings. The molecule has 10 heteroatoms. The standard InChI is InChI=1S/C30H41FN4O5/c1-4-35(21-5-9-38-10-6-21)27-17-24(40-23-14-22(15-23)34-7-11-39-12-8-34)16-25(28(27)31)29(36)32-18-26-19(2)13-20(3)33-30(26)37/h13,16-17,21-23H,4-12,14-15,18H2,1-3H3,(H,32,36)(H,33,37)/t22-,23-. The zero-order chi connectivity index (χ0) is 28.2. The van der Waals surface area contributed by atoms with Gasteiger partial charge in [-0.2, -0.15) is 0 Å². The molecule has 1 saturated carbocycles. The summed E-state index contributed by atoms with van der Waals surface area (Å²) >= 11 is 0. The highest BCUT2D eigenvalue weighted by Crippen LogP contribution is 2.35. The Balaban J connectivity index is 1.37. The molecule has 218 valence electrons. The number of hydrogen-bond acceptors (Lipinski definition) is 7. The maximum Gasteiger partial charge on any atom is 0.254 e. The fourth-order valence-corrected chi connectivity index (χ4v) is 6.08. The Morgan fingerprint density at radius 1 is 1.12 bits per heavy atom. The van der Waals surface area contributed by atoms with Crippen LogP contribution in [0.2, 0.25) is 0 Å². The van der Waals surface area contributed by atoms with Crippen LogP contribution in [0, 0.1) is 19.7 Å². The molecule has 0 bridgehead atoms. The molecule has 1 aromatic carbocycles. The van der Waals surface area contributed by atoms with Gasteiger partial charge in [0.15, 0.2) is 5.82 Å². The summed E-state index contributed by atoms with van der Waals surface area (Å²) in [6.45, 7) is 10.9. The number of ether oxygens (including phenoxy) is 3. The van der Waals surface area contributed by atoms with Crippen molar-refractivity contribution in [3.05, 3.63) is 56.8 Å². The Hall–Kier alpha value is -2.95. The van der Waals surface area contributed by atoms with Crippen molar-refractivity contribution in [1.29, 1.82) is 0 Å². The first-order valence-electron chi connectivity index (χ1n) is 14.5. The van der Waals surface area contributed by atoms with E-state index in [1.54, 1.807) is 6.07 Å². The van der Waals surface area contributed by atoms with Crippen molar-refractivity contribution in [3.8, 4) is 5.75 Å². The summed E-state index contributed by atoms with van der Waals surface area (Å²) in [4.78, 5) is 33.1. The largest absolute Gasteiger partial charge is 0.490 e. The third kappa shape index (κ3) is 6.34. The number of benzene rings is 1. The number of halogens is 1. The number of H-pyrrole nitrogens is 1. The molecule has 40 heavy (non-hydrogen) atoms. The van der Waals surface area contributed by atoms with Crippen LogP contribution in [0.3, 0.4) is 0 Å². The molecule has 0 atom stereocenters. The molecule has 3 fully saturated rings. The van der Waals surface area contributed by atoms with E-state index in [1.165, 1.54) is 6.07 Å². The van der Waals surface area contributed by atoms with Crippen molar-refractivity contribution in [1.82, 2.24) is 15.2 Å². The molecule has 1 amide bonds. The van der Waals surface area contributed by atoms with Crippen LogP contribution < -0.4 is 20.5 Å². The lowest BCUT2D eigenvalue weighted by Gasteiger charge is -2.44. The monoisotopic (exact) mass is 556 g/mol. The molecular weight excluding hydrogens is 515 g/mol. The highest BCUT2D eigenvalue weighted by Gasteiger charge is 2.36. The number of nitrogens with one attached hydrogen (secondary N) is 2. The van der Waals surface area contributed by atoms with Gasteiger partial charge in [-0.25, -0.2) is 4.39 Å². The van der Waals surface area contributed by atoms with E-state index in [0.717, 1.165) is 63.2 Å². The topological polar surface area (TPSA) is 96.1 Å².